The second kappa shape index (κ2) is 7.42. The molecule has 2 aromatic heterocycles. The van der Waals surface area contributed by atoms with Crippen LogP contribution in [0.4, 0.5) is 0 Å². The Morgan fingerprint density at radius 3 is 3.05 bits per heavy atom. The molecule has 2 rings (SSSR count). The minimum atomic E-state index is -0.276. The number of halogens is 1. The molecule has 8 heteroatoms. The van der Waals surface area contributed by atoms with E-state index >= 15 is 0 Å². The van der Waals surface area contributed by atoms with Gasteiger partial charge in [0, 0.05) is 37.7 Å². The molecule has 0 atom stereocenters. The van der Waals surface area contributed by atoms with Crippen LogP contribution in [0, 0.1) is 0 Å². The number of likely N-dealkylation sites (N-methyl/N-ethyl adjacent to an activating group) is 1. The number of ether oxygens (including phenoxy) is 1. The third-order valence-electron chi connectivity index (χ3n) is 3.12. The first-order valence-corrected chi connectivity index (χ1v) is 7.89. The molecule has 1 amide bonds. The Bertz CT molecular complexity index is 707. The topological polar surface area (TPSA) is 63.9 Å². The first-order chi connectivity index (χ1) is 10.5. The first-order valence-electron chi connectivity index (χ1n) is 6.64. The molecule has 0 spiro atoms. The lowest BCUT2D eigenvalue weighted by Crippen LogP contribution is -2.26. The van der Waals surface area contributed by atoms with Crippen LogP contribution >= 0.6 is 22.9 Å². The van der Waals surface area contributed by atoms with Crippen molar-refractivity contribution < 1.29 is 14.3 Å². The minimum absolute atomic E-state index is 0.161. The van der Waals surface area contributed by atoms with Crippen molar-refractivity contribution in [3.8, 4) is 0 Å². The fraction of sp³-hybridized carbons (Fsp3) is 0.357. The third-order valence-corrected chi connectivity index (χ3v) is 4.15. The van der Waals surface area contributed by atoms with Crippen molar-refractivity contribution in [2.75, 3.05) is 20.7 Å². The van der Waals surface area contributed by atoms with E-state index in [1.807, 2.05) is 16.0 Å². The fourth-order valence-corrected chi connectivity index (χ4v) is 2.88. The summed E-state index contributed by atoms with van der Waals surface area (Å²) in [7, 11) is 3.03. The standard InChI is InChI=1S/C14H16ClN3O3S/c1-17(7-3-4-12(20)21-2)11(19)6-5-10-13(15)16-14-18(10)8-9-22-14/h5-6,8-9H,3-4,7H2,1-2H3/b6-5+. The normalized spacial score (nSPS) is 11.2. The predicted molar refractivity (Wildman–Crippen MR) is 86.0 cm³/mol. The molecule has 0 bridgehead atoms. The zero-order valence-electron chi connectivity index (χ0n) is 12.3. The minimum Gasteiger partial charge on any atom is -0.469 e. The third kappa shape index (κ3) is 3.86. The van der Waals surface area contributed by atoms with Gasteiger partial charge in [0.15, 0.2) is 10.1 Å². The lowest BCUT2D eigenvalue weighted by Gasteiger charge is -2.14. The smallest absolute Gasteiger partial charge is 0.305 e. The quantitative estimate of drug-likeness (QED) is 0.598. The Balaban J connectivity index is 1.94. The van der Waals surface area contributed by atoms with Crippen molar-refractivity contribution in [2.24, 2.45) is 0 Å². The summed E-state index contributed by atoms with van der Waals surface area (Å²) >= 11 is 7.53. The van der Waals surface area contributed by atoms with E-state index in [2.05, 4.69) is 9.72 Å². The van der Waals surface area contributed by atoms with E-state index < -0.39 is 0 Å². The van der Waals surface area contributed by atoms with Crippen molar-refractivity contribution >= 4 is 45.9 Å². The van der Waals surface area contributed by atoms with Crippen LogP contribution in [0.3, 0.4) is 0 Å². The van der Waals surface area contributed by atoms with Crippen LogP contribution < -0.4 is 0 Å². The second-order valence-electron chi connectivity index (χ2n) is 4.62. The fourth-order valence-electron chi connectivity index (χ4n) is 1.88. The first kappa shape index (κ1) is 16.5. The van der Waals surface area contributed by atoms with Gasteiger partial charge in [0.25, 0.3) is 0 Å². The van der Waals surface area contributed by atoms with Gasteiger partial charge in [0.2, 0.25) is 5.91 Å². The van der Waals surface area contributed by atoms with Crippen LogP contribution in [0.2, 0.25) is 5.15 Å². The molecule has 6 nitrogen and oxygen atoms in total. The van der Waals surface area contributed by atoms with Crippen LogP contribution in [0.5, 0.6) is 0 Å². The SMILES string of the molecule is COC(=O)CCCN(C)C(=O)/C=C/c1c(Cl)nc2sccn12. The van der Waals surface area contributed by atoms with Gasteiger partial charge in [-0.05, 0) is 12.5 Å². The van der Waals surface area contributed by atoms with Crippen molar-refractivity contribution in [1.82, 2.24) is 14.3 Å². The Morgan fingerprint density at radius 2 is 2.32 bits per heavy atom. The molecule has 2 heterocycles. The molecule has 0 aromatic carbocycles. The monoisotopic (exact) mass is 341 g/mol. The van der Waals surface area contributed by atoms with Crippen LogP contribution in [-0.2, 0) is 14.3 Å². The van der Waals surface area contributed by atoms with Gasteiger partial charge in [-0.1, -0.05) is 11.6 Å². The number of hydrogen-bond acceptors (Lipinski definition) is 5. The highest BCUT2D eigenvalue weighted by Crippen LogP contribution is 2.22. The molecule has 0 unspecified atom stereocenters. The van der Waals surface area contributed by atoms with Crippen molar-refractivity contribution in [3.63, 3.8) is 0 Å². The maximum atomic E-state index is 12.0. The van der Waals surface area contributed by atoms with Crippen LogP contribution in [0.1, 0.15) is 18.5 Å². The van der Waals surface area contributed by atoms with E-state index in [0.717, 1.165) is 4.96 Å². The number of imidazole rings is 1. The Kier molecular flexibility index (Phi) is 5.57. The molecular weight excluding hydrogens is 326 g/mol. The molecule has 2 aromatic rings. The lowest BCUT2D eigenvalue weighted by molar-refractivity contribution is -0.141. The molecule has 0 aliphatic heterocycles. The van der Waals surface area contributed by atoms with Gasteiger partial charge in [0.05, 0.1) is 12.8 Å². The van der Waals surface area contributed by atoms with Crippen molar-refractivity contribution in [1.29, 1.82) is 0 Å². The number of methoxy groups -OCH3 is 1. The summed E-state index contributed by atoms with van der Waals surface area (Å²) in [6, 6.07) is 0. The van der Waals surface area contributed by atoms with Gasteiger partial charge in [-0.3, -0.25) is 14.0 Å². The molecule has 0 aliphatic carbocycles. The lowest BCUT2D eigenvalue weighted by atomic mass is 10.3. The Labute approximate surface area is 137 Å². The van der Waals surface area contributed by atoms with E-state index in [1.165, 1.54) is 24.5 Å². The molecule has 22 heavy (non-hydrogen) atoms. The maximum Gasteiger partial charge on any atom is 0.305 e. The predicted octanol–water partition coefficient (Wildman–Crippen LogP) is 2.47. The van der Waals surface area contributed by atoms with Gasteiger partial charge in [0.1, 0.15) is 0 Å². The molecule has 0 saturated carbocycles. The zero-order valence-corrected chi connectivity index (χ0v) is 13.9. The molecule has 0 fully saturated rings. The van der Waals surface area contributed by atoms with E-state index in [-0.39, 0.29) is 11.9 Å². The highest BCUT2D eigenvalue weighted by atomic mass is 35.5. The summed E-state index contributed by atoms with van der Waals surface area (Å²) in [5, 5.41) is 2.26. The maximum absolute atomic E-state index is 12.0. The zero-order chi connectivity index (χ0) is 16.1. The van der Waals surface area contributed by atoms with Gasteiger partial charge in [-0.25, -0.2) is 4.98 Å². The summed E-state index contributed by atoms with van der Waals surface area (Å²) in [5.41, 5.74) is 0.675. The number of rotatable bonds is 6. The summed E-state index contributed by atoms with van der Waals surface area (Å²) in [4.78, 5) is 29.6. The number of esters is 1. The summed E-state index contributed by atoms with van der Waals surface area (Å²) in [5.74, 6) is -0.437. The van der Waals surface area contributed by atoms with Crippen LogP contribution in [0.15, 0.2) is 17.7 Å². The molecule has 0 aliphatic rings. The number of carbonyl (C=O) groups is 2. The van der Waals surface area contributed by atoms with Crippen LogP contribution in [0.25, 0.3) is 11.0 Å². The average Bonchev–Trinajstić information content (AvgIpc) is 3.05. The number of hydrogen-bond donors (Lipinski definition) is 0. The van der Waals surface area contributed by atoms with Crippen molar-refractivity contribution in [2.45, 2.75) is 12.8 Å². The van der Waals surface area contributed by atoms with Gasteiger partial charge >= 0.3 is 5.97 Å². The Morgan fingerprint density at radius 1 is 1.55 bits per heavy atom. The summed E-state index contributed by atoms with van der Waals surface area (Å²) in [6.45, 7) is 0.478. The average molecular weight is 342 g/mol. The van der Waals surface area contributed by atoms with E-state index in [9.17, 15) is 9.59 Å². The second-order valence-corrected chi connectivity index (χ2v) is 5.85. The largest absolute Gasteiger partial charge is 0.469 e. The number of nitrogens with zero attached hydrogens (tertiary/aromatic N) is 3. The van der Waals surface area contributed by atoms with Crippen LogP contribution in [-0.4, -0.2) is 46.9 Å². The Hall–Kier alpha value is -1.86. The molecule has 0 radical (unpaired) electrons. The number of thiazole rings is 1. The van der Waals surface area contributed by atoms with E-state index in [1.54, 1.807) is 18.0 Å². The molecule has 0 N–H and O–H groups in total. The number of amides is 1. The number of fused-ring (bicyclic) bond motifs is 1. The molecule has 0 saturated heterocycles. The van der Waals surface area contributed by atoms with E-state index in [0.29, 0.717) is 30.2 Å². The number of carbonyl (C=O) groups excluding carboxylic acids is 2. The van der Waals surface area contributed by atoms with Gasteiger partial charge < -0.3 is 9.64 Å². The van der Waals surface area contributed by atoms with E-state index in [4.69, 9.17) is 11.6 Å². The highest BCUT2D eigenvalue weighted by molar-refractivity contribution is 7.15. The summed E-state index contributed by atoms with van der Waals surface area (Å²) in [6.07, 6.45) is 5.80. The van der Waals surface area contributed by atoms with Gasteiger partial charge in [-0.2, -0.15) is 0 Å². The van der Waals surface area contributed by atoms with Gasteiger partial charge in [-0.15, -0.1) is 11.3 Å². The number of aromatic nitrogens is 2. The highest BCUT2D eigenvalue weighted by Gasteiger charge is 2.10. The summed E-state index contributed by atoms with van der Waals surface area (Å²) < 4.78 is 6.38. The van der Waals surface area contributed by atoms with Crippen molar-refractivity contribution in [3.05, 3.63) is 28.5 Å². The molecular formula is C14H16ClN3O3S. The molecule has 118 valence electrons.